The Bertz CT molecular complexity index is 1880. The summed E-state index contributed by atoms with van der Waals surface area (Å²) in [4.78, 5) is 17.1. The summed E-state index contributed by atoms with van der Waals surface area (Å²) in [5, 5.41) is 2.72. The minimum absolute atomic E-state index is 0.288. The van der Waals surface area contributed by atoms with E-state index in [0.29, 0.717) is 23.8 Å². The topological polar surface area (TPSA) is 75.1 Å². The molecule has 0 aliphatic heterocycles. The molecule has 47 heavy (non-hydrogen) atoms. The van der Waals surface area contributed by atoms with E-state index in [2.05, 4.69) is 66.0 Å². The number of aryl methyl sites for hydroxylation is 2. The molecule has 246 valence electrons. The molecule has 0 saturated heterocycles. The molecule has 0 bridgehead atoms. The molecule has 6 heteroatoms. The molecule has 3 saturated carbocycles. The van der Waals surface area contributed by atoms with Gasteiger partial charge in [-0.2, -0.15) is 0 Å². The fraction of sp³-hybridized carbons (Fsp3) is 0.463. The van der Waals surface area contributed by atoms with Gasteiger partial charge in [-0.25, -0.2) is 4.79 Å². The minimum Gasteiger partial charge on any atom is -0.465 e. The van der Waals surface area contributed by atoms with Gasteiger partial charge in [0.15, 0.2) is 0 Å². The van der Waals surface area contributed by atoms with Crippen molar-refractivity contribution in [3.05, 3.63) is 94.6 Å². The second kappa shape index (κ2) is 13.6. The van der Waals surface area contributed by atoms with Crippen molar-refractivity contribution in [3.63, 3.8) is 0 Å². The molecule has 0 radical (unpaired) electrons. The van der Waals surface area contributed by atoms with Gasteiger partial charge >= 0.3 is 5.97 Å². The highest BCUT2D eigenvalue weighted by Crippen LogP contribution is 2.41. The molecule has 2 aromatic carbocycles. The van der Waals surface area contributed by atoms with Crippen molar-refractivity contribution in [3.8, 4) is 0 Å². The molecule has 2 N–H and O–H groups in total. The molecule has 0 spiro atoms. The fourth-order valence-corrected chi connectivity index (χ4v) is 8.27. The third kappa shape index (κ3) is 6.70. The maximum Gasteiger partial charge on any atom is 0.339 e. The summed E-state index contributed by atoms with van der Waals surface area (Å²) in [7, 11) is 5.72. The van der Waals surface area contributed by atoms with E-state index in [1.54, 1.807) is 0 Å². The average molecular weight is 631 g/mol. The van der Waals surface area contributed by atoms with Crippen LogP contribution in [0.2, 0.25) is 0 Å². The van der Waals surface area contributed by atoms with Crippen LogP contribution in [-0.4, -0.2) is 27.2 Å². The van der Waals surface area contributed by atoms with Crippen molar-refractivity contribution < 1.29 is 9.53 Å². The maximum atomic E-state index is 12.4. The number of anilines is 1. The van der Waals surface area contributed by atoms with Gasteiger partial charge in [-0.05, 0) is 115 Å². The predicted molar refractivity (Wildman–Crippen MR) is 192 cm³/mol. The van der Waals surface area contributed by atoms with Gasteiger partial charge in [0.05, 0.1) is 18.4 Å². The van der Waals surface area contributed by atoms with E-state index in [9.17, 15) is 4.79 Å². The fourth-order valence-electron chi connectivity index (χ4n) is 8.27. The van der Waals surface area contributed by atoms with Crippen LogP contribution in [0.4, 0.5) is 5.69 Å². The highest BCUT2D eigenvalue weighted by atomic mass is 16.5. The van der Waals surface area contributed by atoms with Crippen molar-refractivity contribution in [1.29, 1.82) is 0 Å². The number of nitrogen functional groups attached to an aromatic ring is 1. The molecular weight excluding hydrogens is 580 g/mol. The van der Waals surface area contributed by atoms with Gasteiger partial charge in [-0.15, -0.1) is 0 Å². The first kappa shape index (κ1) is 31.5. The van der Waals surface area contributed by atoms with Crippen LogP contribution in [0.1, 0.15) is 133 Å². The molecule has 5 aromatic rings. The minimum atomic E-state index is -0.288. The summed E-state index contributed by atoms with van der Waals surface area (Å²) in [6.45, 7) is 0. The number of esters is 1. The third-order valence-electron chi connectivity index (χ3n) is 11.0. The van der Waals surface area contributed by atoms with Crippen LogP contribution in [-0.2, 0) is 25.3 Å². The molecule has 8 rings (SSSR count). The Morgan fingerprint density at radius 3 is 1.91 bits per heavy atom. The van der Waals surface area contributed by atoms with E-state index in [1.807, 2.05) is 18.3 Å². The van der Waals surface area contributed by atoms with Gasteiger partial charge < -0.3 is 19.6 Å². The number of hydrogen-bond acceptors (Lipinski definition) is 4. The molecule has 3 aliphatic carbocycles. The summed E-state index contributed by atoms with van der Waals surface area (Å²) < 4.78 is 9.55. The predicted octanol–water partition coefficient (Wildman–Crippen LogP) is 9.68. The number of carbonyl (C=O) groups excluding carboxylic acids is 1. The standard InChI is InChI=1S/C26H30N2O2.C15H20N2/c1-28-16-23(19-6-4-3-5-7-19)21-12-17(8-11-25(21)28)13-24-22(26(29)30-2)14-20(15-27-24)18-9-10-18;1-17-10-14(11-5-3-2-4-6-11)13-9-12(16)7-8-15(13)17/h8,11-12,14-16,18-19H,3-7,9-10,13H2,1-2H3;7-11H,2-6,16H2,1H3. The highest BCUT2D eigenvalue weighted by Gasteiger charge is 2.27. The van der Waals surface area contributed by atoms with E-state index >= 15 is 0 Å². The summed E-state index contributed by atoms with van der Waals surface area (Å²) in [6.07, 6.45) is 23.1. The Morgan fingerprint density at radius 2 is 1.34 bits per heavy atom. The molecule has 3 fully saturated rings. The van der Waals surface area contributed by atoms with Crippen molar-refractivity contribution in [1.82, 2.24) is 14.1 Å². The van der Waals surface area contributed by atoms with E-state index in [-0.39, 0.29) is 5.97 Å². The smallest absolute Gasteiger partial charge is 0.339 e. The molecule has 0 amide bonds. The molecule has 3 heterocycles. The normalized spacial score (nSPS) is 17.5. The first-order valence-corrected chi connectivity index (χ1v) is 17.9. The highest BCUT2D eigenvalue weighted by molar-refractivity contribution is 5.91. The van der Waals surface area contributed by atoms with Gasteiger partial charge in [0.2, 0.25) is 0 Å². The Kier molecular flexibility index (Phi) is 9.11. The zero-order chi connectivity index (χ0) is 32.5. The van der Waals surface area contributed by atoms with Crippen LogP contribution >= 0.6 is 0 Å². The number of aromatic nitrogens is 3. The lowest BCUT2D eigenvalue weighted by Crippen LogP contribution is -2.09. The van der Waals surface area contributed by atoms with E-state index in [1.165, 1.54) is 123 Å². The Balaban J connectivity index is 0.000000174. The number of nitrogens with zero attached hydrogens (tertiary/aromatic N) is 3. The SMILES string of the molecule is COC(=O)c1cc(C2CC2)cnc1Cc1ccc2c(c1)c(C1CCCCC1)cn2C.Cn1cc(C2CCCCC2)c2cc(N)ccc21. The lowest BCUT2D eigenvalue weighted by atomic mass is 9.84. The van der Waals surface area contributed by atoms with Crippen LogP contribution in [0.5, 0.6) is 0 Å². The lowest BCUT2D eigenvalue weighted by molar-refractivity contribution is 0.0599. The van der Waals surface area contributed by atoms with Gasteiger partial charge in [0.25, 0.3) is 0 Å². The molecule has 6 nitrogen and oxygen atoms in total. The van der Waals surface area contributed by atoms with Gasteiger partial charge in [0.1, 0.15) is 0 Å². The number of nitrogens with two attached hydrogens (primary N) is 1. The Morgan fingerprint density at radius 1 is 0.766 bits per heavy atom. The van der Waals surface area contributed by atoms with Gasteiger partial charge in [0, 0.05) is 66.6 Å². The zero-order valence-corrected chi connectivity index (χ0v) is 28.4. The van der Waals surface area contributed by atoms with Crippen LogP contribution in [0.3, 0.4) is 0 Å². The second-order valence-corrected chi connectivity index (χ2v) is 14.4. The van der Waals surface area contributed by atoms with Crippen LogP contribution in [0, 0.1) is 0 Å². The Hall–Kier alpha value is -4.06. The molecule has 3 aromatic heterocycles. The Labute approximate surface area is 279 Å². The number of hydrogen-bond donors (Lipinski definition) is 1. The van der Waals surface area contributed by atoms with E-state index < -0.39 is 0 Å². The van der Waals surface area contributed by atoms with Gasteiger partial charge in [-0.1, -0.05) is 44.6 Å². The van der Waals surface area contributed by atoms with E-state index in [4.69, 9.17) is 15.5 Å². The summed E-state index contributed by atoms with van der Waals surface area (Å²) >= 11 is 0. The number of benzene rings is 2. The number of rotatable bonds is 6. The third-order valence-corrected chi connectivity index (χ3v) is 11.0. The first-order chi connectivity index (χ1) is 22.9. The van der Waals surface area contributed by atoms with Crippen molar-refractivity contribution in [2.45, 2.75) is 101 Å². The monoisotopic (exact) mass is 630 g/mol. The van der Waals surface area contributed by atoms with Crippen LogP contribution in [0.25, 0.3) is 21.8 Å². The molecule has 3 aliphatic rings. The quantitative estimate of drug-likeness (QED) is 0.150. The molecular formula is C41H50N4O2. The second-order valence-electron chi connectivity index (χ2n) is 14.4. The van der Waals surface area contributed by atoms with Crippen molar-refractivity contribution >= 4 is 33.5 Å². The van der Waals surface area contributed by atoms with Crippen molar-refractivity contribution in [2.75, 3.05) is 12.8 Å². The van der Waals surface area contributed by atoms with E-state index in [0.717, 1.165) is 22.9 Å². The lowest BCUT2D eigenvalue weighted by Gasteiger charge is -2.21. The number of ether oxygens (including phenoxy) is 1. The number of fused-ring (bicyclic) bond motifs is 2. The molecule has 0 unspecified atom stereocenters. The van der Waals surface area contributed by atoms with Crippen LogP contribution in [0.15, 0.2) is 61.1 Å². The summed E-state index contributed by atoms with van der Waals surface area (Å²) in [5.41, 5.74) is 16.2. The molecule has 0 atom stereocenters. The number of pyridine rings is 1. The maximum absolute atomic E-state index is 12.4. The number of methoxy groups -OCH3 is 1. The zero-order valence-electron chi connectivity index (χ0n) is 28.4. The summed E-state index contributed by atoms with van der Waals surface area (Å²) in [6, 6.07) is 15.0. The van der Waals surface area contributed by atoms with Gasteiger partial charge in [-0.3, -0.25) is 4.98 Å². The van der Waals surface area contributed by atoms with Crippen LogP contribution < -0.4 is 5.73 Å². The number of carbonyl (C=O) groups is 1. The largest absolute Gasteiger partial charge is 0.465 e. The first-order valence-electron chi connectivity index (χ1n) is 17.9. The summed E-state index contributed by atoms with van der Waals surface area (Å²) in [5.74, 6) is 1.69. The van der Waals surface area contributed by atoms with Crippen molar-refractivity contribution in [2.24, 2.45) is 14.1 Å². The average Bonchev–Trinajstić information content (AvgIpc) is 3.84.